The number of rotatable bonds is 5. The van der Waals surface area contributed by atoms with E-state index in [1.165, 1.54) is 0 Å². The van der Waals surface area contributed by atoms with Crippen LogP contribution in [0.1, 0.15) is 31.4 Å². The van der Waals surface area contributed by atoms with Crippen molar-refractivity contribution < 1.29 is 24.6 Å². The lowest BCUT2D eigenvalue weighted by atomic mass is 9.84. The van der Waals surface area contributed by atoms with Crippen LogP contribution in [0.25, 0.3) is 0 Å². The molecule has 0 aliphatic carbocycles. The van der Waals surface area contributed by atoms with E-state index in [2.05, 4.69) is 5.32 Å². The van der Waals surface area contributed by atoms with Gasteiger partial charge in [-0.05, 0) is 18.9 Å². The standard InChI is InChI=1S/C17H22N2O5/c1-17(24,16(22)23)10-18-15(21)12-8-9-13(20)19(2)14(12)11-6-4-3-5-7-11/h3-7,12,14,24H,8-10H2,1-2H3,(H,18,21)(H,22,23). The second kappa shape index (κ2) is 7.00. The van der Waals surface area contributed by atoms with Crippen molar-refractivity contribution in [3.05, 3.63) is 35.9 Å². The Morgan fingerprint density at radius 3 is 2.54 bits per heavy atom. The summed E-state index contributed by atoms with van der Waals surface area (Å²) in [5, 5.41) is 21.2. The molecule has 7 heteroatoms. The molecule has 1 aliphatic heterocycles. The maximum atomic E-state index is 12.6. The molecule has 1 aromatic carbocycles. The minimum absolute atomic E-state index is 0.0366. The van der Waals surface area contributed by atoms with E-state index in [4.69, 9.17) is 5.11 Å². The topological polar surface area (TPSA) is 107 Å². The number of amides is 2. The van der Waals surface area contributed by atoms with Gasteiger partial charge in [-0.3, -0.25) is 9.59 Å². The highest BCUT2D eigenvalue weighted by molar-refractivity contribution is 5.85. The van der Waals surface area contributed by atoms with Crippen molar-refractivity contribution >= 4 is 17.8 Å². The van der Waals surface area contributed by atoms with Gasteiger partial charge in [0, 0.05) is 13.5 Å². The summed E-state index contributed by atoms with van der Waals surface area (Å²) in [6.45, 7) is 0.734. The van der Waals surface area contributed by atoms with Crippen molar-refractivity contribution in [3.8, 4) is 0 Å². The SMILES string of the molecule is CN1C(=O)CCC(C(=O)NCC(C)(O)C(=O)O)C1c1ccccc1. The second-order valence-corrected chi connectivity index (χ2v) is 6.30. The van der Waals surface area contributed by atoms with Crippen molar-refractivity contribution in [1.82, 2.24) is 10.2 Å². The molecule has 2 rings (SSSR count). The summed E-state index contributed by atoms with van der Waals surface area (Å²) >= 11 is 0. The number of likely N-dealkylation sites (tertiary alicyclic amines) is 1. The molecule has 3 atom stereocenters. The molecule has 130 valence electrons. The fourth-order valence-corrected chi connectivity index (χ4v) is 2.88. The monoisotopic (exact) mass is 334 g/mol. The van der Waals surface area contributed by atoms with E-state index in [1.807, 2.05) is 30.3 Å². The predicted octanol–water partition coefficient (Wildman–Crippen LogP) is 0.548. The Morgan fingerprint density at radius 2 is 1.96 bits per heavy atom. The Labute approximate surface area is 140 Å². The van der Waals surface area contributed by atoms with E-state index < -0.39 is 30.1 Å². The van der Waals surface area contributed by atoms with Gasteiger partial charge in [0.2, 0.25) is 11.8 Å². The van der Waals surface area contributed by atoms with Crippen LogP contribution in [0.2, 0.25) is 0 Å². The van der Waals surface area contributed by atoms with Crippen molar-refractivity contribution in [3.63, 3.8) is 0 Å². The first kappa shape index (κ1) is 17.9. The smallest absolute Gasteiger partial charge is 0.337 e. The van der Waals surface area contributed by atoms with E-state index >= 15 is 0 Å². The van der Waals surface area contributed by atoms with Crippen LogP contribution in [-0.2, 0) is 14.4 Å². The molecular weight excluding hydrogens is 312 g/mol. The maximum absolute atomic E-state index is 12.6. The van der Waals surface area contributed by atoms with Crippen LogP contribution in [-0.4, -0.2) is 52.1 Å². The van der Waals surface area contributed by atoms with Gasteiger partial charge in [0.25, 0.3) is 0 Å². The zero-order valence-electron chi connectivity index (χ0n) is 13.7. The van der Waals surface area contributed by atoms with Gasteiger partial charge >= 0.3 is 5.97 Å². The average Bonchev–Trinajstić information content (AvgIpc) is 2.55. The number of aliphatic hydroxyl groups is 1. The predicted molar refractivity (Wildman–Crippen MR) is 85.9 cm³/mol. The quantitative estimate of drug-likeness (QED) is 0.729. The number of benzene rings is 1. The van der Waals surface area contributed by atoms with Crippen molar-refractivity contribution in [2.75, 3.05) is 13.6 Å². The number of carboxylic acids is 1. The zero-order valence-corrected chi connectivity index (χ0v) is 13.7. The molecule has 1 aliphatic rings. The lowest BCUT2D eigenvalue weighted by Crippen LogP contribution is -2.51. The lowest BCUT2D eigenvalue weighted by molar-refractivity contribution is -0.156. The van der Waals surface area contributed by atoms with Gasteiger partial charge in [-0.15, -0.1) is 0 Å². The van der Waals surface area contributed by atoms with E-state index in [9.17, 15) is 19.5 Å². The third-order valence-corrected chi connectivity index (χ3v) is 4.41. The Balaban J connectivity index is 2.18. The van der Waals surface area contributed by atoms with Gasteiger partial charge in [-0.1, -0.05) is 30.3 Å². The Hall–Kier alpha value is -2.41. The molecule has 0 spiro atoms. The minimum atomic E-state index is -2.03. The van der Waals surface area contributed by atoms with E-state index in [-0.39, 0.29) is 18.2 Å². The summed E-state index contributed by atoms with van der Waals surface area (Å²) in [6.07, 6.45) is 0.636. The number of hydrogen-bond donors (Lipinski definition) is 3. The molecule has 1 saturated heterocycles. The summed E-state index contributed by atoms with van der Waals surface area (Å²) in [5.41, 5.74) is -1.19. The van der Waals surface area contributed by atoms with Crippen LogP contribution in [0, 0.1) is 5.92 Å². The summed E-state index contributed by atoms with van der Waals surface area (Å²) in [4.78, 5) is 37.1. The van der Waals surface area contributed by atoms with Gasteiger partial charge in [-0.2, -0.15) is 0 Å². The highest BCUT2D eigenvalue weighted by Crippen LogP contribution is 2.35. The summed E-state index contributed by atoms with van der Waals surface area (Å²) in [5.74, 6) is -2.31. The van der Waals surface area contributed by atoms with Crippen LogP contribution in [0.3, 0.4) is 0 Å². The highest BCUT2D eigenvalue weighted by Gasteiger charge is 2.40. The van der Waals surface area contributed by atoms with Gasteiger partial charge in [0.05, 0.1) is 18.5 Å². The van der Waals surface area contributed by atoms with E-state index in [1.54, 1.807) is 11.9 Å². The number of hydrogen-bond acceptors (Lipinski definition) is 4. The Bertz CT molecular complexity index is 629. The third-order valence-electron chi connectivity index (χ3n) is 4.41. The molecule has 1 heterocycles. The summed E-state index contributed by atoms with van der Waals surface area (Å²) in [7, 11) is 1.66. The van der Waals surface area contributed by atoms with E-state index in [0.717, 1.165) is 12.5 Å². The number of piperidine rings is 1. The Morgan fingerprint density at radius 1 is 1.33 bits per heavy atom. The molecule has 0 radical (unpaired) electrons. The largest absolute Gasteiger partial charge is 0.479 e. The van der Waals surface area contributed by atoms with Gasteiger partial charge in [0.15, 0.2) is 5.60 Å². The molecule has 0 bridgehead atoms. The first-order valence-corrected chi connectivity index (χ1v) is 7.78. The second-order valence-electron chi connectivity index (χ2n) is 6.30. The highest BCUT2D eigenvalue weighted by atomic mass is 16.4. The summed E-state index contributed by atoms with van der Waals surface area (Å²) < 4.78 is 0. The lowest BCUT2D eigenvalue weighted by Gasteiger charge is -2.38. The zero-order chi connectivity index (χ0) is 17.9. The van der Waals surface area contributed by atoms with Crippen molar-refractivity contribution in [2.24, 2.45) is 5.92 Å². The van der Waals surface area contributed by atoms with Gasteiger partial charge in [-0.25, -0.2) is 4.79 Å². The number of nitrogens with one attached hydrogen (secondary N) is 1. The van der Waals surface area contributed by atoms with Crippen LogP contribution < -0.4 is 5.32 Å². The number of carboxylic acid groups (broad SMARTS) is 1. The van der Waals surface area contributed by atoms with Crippen molar-refractivity contribution in [2.45, 2.75) is 31.4 Å². The first-order valence-electron chi connectivity index (χ1n) is 7.78. The van der Waals surface area contributed by atoms with Gasteiger partial charge in [0.1, 0.15) is 0 Å². The number of carbonyl (C=O) groups excluding carboxylic acids is 2. The van der Waals surface area contributed by atoms with Crippen molar-refractivity contribution in [1.29, 1.82) is 0 Å². The fraction of sp³-hybridized carbons (Fsp3) is 0.471. The average molecular weight is 334 g/mol. The normalized spacial score (nSPS) is 23.5. The number of carbonyl (C=O) groups is 3. The van der Waals surface area contributed by atoms with Crippen LogP contribution >= 0.6 is 0 Å². The molecule has 0 aromatic heterocycles. The fourth-order valence-electron chi connectivity index (χ4n) is 2.88. The molecule has 1 aromatic rings. The number of nitrogens with zero attached hydrogens (tertiary/aromatic N) is 1. The summed E-state index contributed by atoms with van der Waals surface area (Å²) in [6, 6.07) is 8.83. The molecule has 2 amide bonds. The Kier molecular flexibility index (Phi) is 5.23. The van der Waals surface area contributed by atoms with Crippen LogP contribution in [0.5, 0.6) is 0 Å². The molecule has 1 fully saturated rings. The first-order chi connectivity index (χ1) is 11.2. The maximum Gasteiger partial charge on any atom is 0.337 e. The molecular formula is C17H22N2O5. The third kappa shape index (κ3) is 3.73. The molecule has 24 heavy (non-hydrogen) atoms. The van der Waals surface area contributed by atoms with Gasteiger partial charge < -0.3 is 20.4 Å². The molecule has 7 nitrogen and oxygen atoms in total. The van der Waals surface area contributed by atoms with Crippen LogP contribution in [0.15, 0.2) is 30.3 Å². The molecule has 0 saturated carbocycles. The number of aliphatic carboxylic acids is 1. The minimum Gasteiger partial charge on any atom is -0.479 e. The molecule has 3 N–H and O–H groups in total. The van der Waals surface area contributed by atoms with E-state index in [0.29, 0.717) is 6.42 Å². The van der Waals surface area contributed by atoms with Crippen LogP contribution in [0.4, 0.5) is 0 Å². The molecule has 3 unspecified atom stereocenters.